The molecule has 0 aliphatic rings. The molecule has 0 atom stereocenters. The summed E-state index contributed by atoms with van der Waals surface area (Å²) in [6.07, 6.45) is 0. The van der Waals surface area contributed by atoms with Crippen LogP contribution in [0.3, 0.4) is 0 Å². The Kier molecular flexibility index (Phi) is 18.8. The van der Waals surface area contributed by atoms with Crippen LogP contribution in [-0.4, -0.2) is 41.3 Å². The Labute approximate surface area is 244 Å². The van der Waals surface area contributed by atoms with E-state index in [-0.39, 0.29) is 18.9 Å². The van der Waals surface area contributed by atoms with Gasteiger partial charge in [0.2, 0.25) is 0 Å². The maximum absolute atomic E-state index is 5.35. The third-order valence-electron chi connectivity index (χ3n) is 5.48. The van der Waals surface area contributed by atoms with Gasteiger partial charge in [0.15, 0.2) is 0 Å². The van der Waals surface area contributed by atoms with Crippen LogP contribution in [-0.2, 0) is 9.47 Å². The quantitative estimate of drug-likeness (QED) is 0.383. The maximum atomic E-state index is 5.35. The first kappa shape index (κ1) is 35.5. The number of ether oxygens (including phenoxy) is 2. The summed E-state index contributed by atoms with van der Waals surface area (Å²) >= 11 is -1.84. The van der Waals surface area contributed by atoms with Gasteiger partial charge in [-0.15, -0.1) is 0 Å². The fraction of sp³-hybridized carbons (Fsp3) is 0.438. The third-order valence-corrected chi connectivity index (χ3v) is 11.1. The SMILES string of the molecule is CCOCC.CCOCC.Cc1cc(C)c([As]([N-]c2ccccc2)c2c(C)cc(C)cc2C)c(C)c1.[Li+]. The van der Waals surface area contributed by atoms with Crippen LogP contribution < -0.4 is 27.6 Å². The molecular weight excluding hydrogens is 512 g/mol. The van der Waals surface area contributed by atoms with Crippen molar-refractivity contribution in [1.82, 2.24) is 0 Å². The number of aryl methyl sites for hydroxylation is 6. The Hall–Kier alpha value is -1.46. The van der Waals surface area contributed by atoms with E-state index in [9.17, 15) is 0 Å². The topological polar surface area (TPSA) is 32.6 Å². The first-order chi connectivity index (χ1) is 17.2. The number of hydrogen-bond acceptors (Lipinski definition) is 2. The molecule has 5 heteroatoms. The van der Waals surface area contributed by atoms with Crippen molar-refractivity contribution in [3.8, 4) is 0 Å². The van der Waals surface area contributed by atoms with Crippen LogP contribution in [0.25, 0.3) is 4.23 Å². The van der Waals surface area contributed by atoms with Crippen molar-refractivity contribution in [3.05, 3.63) is 92.2 Å². The molecule has 0 aliphatic heterocycles. The summed E-state index contributed by atoms with van der Waals surface area (Å²) < 4.78 is 18.0. The first-order valence-corrected chi connectivity index (χ1v) is 15.8. The van der Waals surface area contributed by atoms with Gasteiger partial charge in [0, 0.05) is 26.4 Å². The maximum Gasteiger partial charge on any atom is 1.00 e. The molecule has 0 saturated carbocycles. The molecule has 3 aromatic carbocycles. The van der Waals surface area contributed by atoms with Crippen LogP contribution in [0.5, 0.6) is 0 Å². The van der Waals surface area contributed by atoms with Crippen molar-refractivity contribution in [2.45, 2.75) is 69.2 Å². The molecule has 198 valence electrons. The van der Waals surface area contributed by atoms with E-state index in [0.717, 1.165) is 32.1 Å². The number of hydrogen-bond donors (Lipinski definition) is 0. The van der Waals surface area contributed by atoms with Gasteiger partial charge >= 0.3 is 182 Å². The molecule has 0 unspecified atom stereocenters. The van der Waals surface area contributed by atoms with Crippen LogP contribution >= 0.6 is 0 Å². The standard InChI is InChI=1S/C24H27AsN.2C4H10O.Li/c1-16-12-18(3)23(19(4)13-16)25(26-22-10-8-7-9-11-22)24-20(5)14-17(2)15-21(24)6;2*1-3-5-4-2;/h7-15H,1-6H3;2*3-4H2,1-2H3;/q-1;;;+1. The van der Waals surface area contributed by atoms with E-state index in [1.54, 1.807) is 0 Å². The van der Waals surface area contributed by atoms with Gasteiger partial charge in [0.05, 0.1) is 0 Å². The zero-order valence-corrected chi connectivity index (χ0v) is 27.1. The van der Waals surface area contributed by atoms with Crippen molar-refractivity contribution in [2.75, 3.05) is 26.4 Å². The minimum Gasteiger partial charge on any atom is 1.00 e. The van der Waals surface area contributed by atoms with Crippen molar-refractivity contribution in [3.63, 3.8) is 0 Å². The Morgan fingerprint density at radius 2 is 0.892 bits per heavy atom. The van der Waals surface area contributed by atoms with E-state index < -0.39 is 14.9 Å². The Balaban J connectivity index is 0.00000101. The fourth-order valence-corrected chi connectivity index (χ4v) is 9.24. The van der Waals surface area contributed by atoms with Gasteiger partial charge in [-0.25, -0.2) is 0 Å². The summed E-state index contributed by atoms with van der Waals surface area (Å²) in [5.74, 6) is 0. The molecule has 0 heterocycles. The van der Waals surface area contributed by atoms with Crippen molar-refractivity contribution >= 4 is 29.3 Å². The second-order valence-corrected chi connectivity index (χ2v) is 12.4. The Morgan fingerprint density at radius 1 is 0.568 bits per heavy atom. The largest absolute Gasteiger partial charge is 1.00 e. The first-order valence-electron chi connectivity index (χ1n) is 13.1. The average molecular weight is 560 g/mol. The fourth-order valence-electron chi connectivity index (χ4n) is 4.24. The summed E-state index contributed by atoms with van der Waals surface area (Å²) in [5, 5.41) is 0. The molecule has 0 bridgehead atoms. The second kappa shape index (κ2) is 19.6. The van der Waals surface area contributed by atoms with Gasteiger partial charge in [0.25, 0.3) is 0 Å². The van der Waals surface area contributed by atoms with E-state index in [0.29, 0.717) is 0 Å². The molecule has 37 heavy (non-hydrogen) atoms. The normalized spacial score (nSPS) is 10.0. The zero-order valence-electron chi connectivity index (χ0n) is 25.2. The monoisotopic (exact) mass is 559 g/mol. The van der Waals surface area contributed by atoms with Gasteiger partial charge in [0.1, 0.15) is 0 Å². The van der Waals surface area contributed by atoms with E-state index in [1.165, 1.54) is 42.1 Å². The van der Waals surface area contributed by atoms with Crippen molar-refractivity contribution < 1.29 is 28.3 Å². The summed E-state index contributed by atoms with van der Waals surface area (Å²) in [7, 11) is 0. The van der Waals surface area contributed by atoms with Crippen molar-refractivity contribution in [1.29, 1.82) is 0 Å². The van der Waals surface area contributed by atoms with Crippen LogP contribution in [0.2, 0.25) is 0 Å². The predicted molar refractivity (Wildman–Crippen MR) is 160 cm³/mol. The van der Waals surface area contributed by atoms with Gasteiger partial charge in [-0.1, -0.05) is 0 Å². The second-order valence-electron chi connectivity index (χ2n) is 8.80. The molecule has 0 radical (unpaired) electrons. The molecule has 0 fully saturated rings. The number of benzene rings is 3. The Bertz CT molecular complexity index is 927. The molecule has 0 spiro atoms. The number of rotatable bonds is 8. The summed E-state index contributed by atoms with van der Waals surface area (Å²) in [4.78, 5) is 0. The molecule has 0 amide bonds. The van der Waals surface area contributed by atoms with Crippen LogP contribution in [0, 0.1) is 41.5 Å². The summed E-state index contributed by atoms with van der Waals surface area (Å²) in [6.45, 7) is 24.7. The predicted octanol–water partition coefficient (Wildman–Crippen LogP) is 4.44. The van der Waals surface area contributed by atoms with Gasteiger partial charge in [-0.2, -0.15) is 0 Å². The summed E-state index contributed by atoms with van der Waals surface area (Å²) in [6, 6.07) is 19.7. The van der Waals surface area contributed by atoms with Crippen LogP contribution in [0.15, 0.2) is 54.6 Å². The molecule has 0 aromatic heterocycles. The van der Waals surface area contributed by atoms with Crippen LogP contribution in [0.1, 0.15) is 61.1 Å². The Morgan fingerprint density at radius 3 is 1.16 bits per heavy atom. The smallest absolute Gasteiger partial charge is 1.00 e. The molecule has 3 nitrogen and oxygen atoms in total. The van der Waals surface area contributed by atoms with E-state index in [2.05, 4.69) is 96.1 Å². The van der Waals surface area contributed by atoms with Gasteiger partial charge in [-0.05, 0) is 27.7 Å². The minimum absolute atomic E-state index is 0. The molecule has 0 aliphatic carbocycles. The molecule has 3 rings (SSSR count). The van der Waals surface area contributed by atoms with Crippen LogP contribution in [0.4, 0.5) is 5.69 Å². The third kappa shape index (κ3) is 12.3. The zero-order chi connectivity index (χ0) is 27.1. The average Bonchev–Trinajstić information content (AvgIpc) is 2.80. The molecule has 3 aromatic rings. The molecule has 0 saturated heterocycles. The molecular formula is C32H47AsLiNO2. The minimum atomic E-state index is -1.84. The number of nitrogens with zero attached hydrogens (tertiary/aromatic N) is 1. The van der Waals surface area contributed by atoms with Crippen molar-refractivity contribution in [2.24, 2.45) is 0 Å². The summed E-state index contributed by atoms with van der Waals surface area (Å²) in [5.41, 5.74) is 9.25. The van der Waals surface area contributed by atoms with Gasteiger partial charge < -0.3 is 9.47 Å². The van der Waals surface area contributed by atoms with E-state index in [4.69, 9.17) is 13.7 Å². The molecule has 0 N–H and O–H groups in total. The van der Waals surface area contributed by atoms with Gasteiger partial charge in [-0.3, -0.25) is 0 Å². The van der Waals surface area contributed by atoms with E-state index in [1.807, 2.05) is 27.7 Å². The van der Waals surface area contributed by atoms with E-state index >= 15 is 0 Å².